The Morgan fingerprint density at radius 3 is 2.41 bits per heavy atom. The summed E-state index contributed by atoms with van der Waals surface area (Å²) in [6.45, 7) is 1.64. The summed E-state index contributed by atoms with van der Waals surface area (Å²) in [6.07, 6.45) is -6.79. The smallest absolute Gasteiger partial charge is 0.430 e. The first-order valence-corrected chi connectivity index (χ1v) is 9.87. The molecule has 0 amide bonds. The van der Waals surface area contributed by atoms with Gasteiger partial charge in [0, 0.05) is 11.6 Å². The van der Waals surface area contributed by atoms with Gasteiger partial charge in [0.1, 0.15) is 5.75 Å². The van der Waals surface area contributed by atoms with Crippen LogP contribution < -0.4 is 9.46 Å². The van der Waals surface area contributed by atoms with Crippen LogP contribution >= 0.6 is 0 Å². The predicted molar refractivity (Wildman–Crippen MR) is 97.7 cm³/mol. The molecular formula is C19H16F3NO5S. The van der Waals surface area contributed by atoms with Gasteiger partial charge in [-0.3, -0.25) is 0 Å². The summed E-state index contributed by atoms with van der Waals surface area (Å²) < 4.78 is 71.9. The van der Waals surface area contributed by atoms with E-state index in [1.807, 2.05) is 0 Å². The third kappa shape index (κ3) is 4.43. The average molecular weight is 427 g/mol. The van der Waals surface area contributed by atoms with Gasteiger partial charge in [0.05, 0.1) is 10.5 Å². The Hall–Kier alpha value is -2.85. The summed E-state index contributed by atoms with van der Waals surface area (Å²) in [5.74, 6) is -2.06. The molecule has 0 saturated carbocycles. The van der Waals surface area contributed by atoms with E-state index in [1.165, 1.54) is 0 Å². The standard InChI is InChI=1S/C19H16F3NO5S/c1-11(12-5-3-2-4-6-12)23-29(26,27)14-7-8-16-13(9-14)10-15(18(24)25)17(28-16)19(20,21)22/h2-11,17,23H,1H3,(H,24,25)/t11?,17-/m0/s1. The molecule has 10 heteroatoms. The maximum Gasteiger partial charge on any atom is 0.430 e. The van der Waals surface area contributed by atoms with Gasteiger partial charge in [0.2, 0.25) is 16.1 Å². The number of hydrogen-bond acceptors (Lipinski definition) is 4. The van der Waals surface area contributed by atoms with E-state index in [-0.39, 0.29) is 16.2 Å². The Bertz CT molecular complexity index is 1060. The molecule has 2 N–H and O–H groups in total. The number of aliphatic carboxylic acids is 1. The minimum absolute atomic E-state index is 0.0712. The third-order valence-corrected chi connectivity index (χ3v) is 5.84. The van der Waals surface area contributed by atoms with Crippen molar-refractivity contribution in [2.24, 2.45) is 0 Å². The van der Waals surface area contributed by atoms with E-state index in [1.54, 1.807) is 37.3 Å². The van der Waals surface area contributed by atoms with Crippen LogP contribution in [0, 0.1) is 0 Å². The molecule has 2 aromatic rings. The van der Waals surface area contributed by atoms with E-state index in [0.29, 0.717) is 0 Å². The molecule has 3 rings (SSSR count). The quantitative estimate of drug-likeness (QED) is 0.762. The summed E-state index contributed by atoms with van der Waals surface area (Å²) in [5, 5.41) is 9.09. The Kier molecular flexibility index (Phi) is 5.42. The second-order valence-electron chi connectivity index (χ2n) is 6.40. The van der Waals surface area contributed by atoms with Gasteiger partial charge in [0.25, 0.3) is 0 Å². The SMILES string of the molecule is CC(NS(=O)(=O)c1ccc2c(c1)C=C(C(=O)O)[C@@H](C(F)(F)F)O2)c1ccccc1. The number of carboxylic acid groups (broad SMARTS) is 1. The monoisotopic (exact) mass is 427 g/mol. The van der Waals surface area contributed by atoms with Gasteiger partial charge >= 0.3 is 12.1 Å². The van der Waals surface area contributed by atoms with Crippen LogP contribution in [0.5, 0.6) is 5.75 Å². The number of halogens is 3. The van der Waals surface area contributed by atoms with Crippen molar-refractivity contribution in [3.05, 3.63) is 65.2 Å². The lowest BCUT2D eigenvalue weighted by Gasteiger charge is -2.27. The molecule has 0 radical (unpaired) electrons. The largest absolute Gasteiger partial charge is 0.478 e. The highest BCUT2D eigenvalue weighted by Gasteiger charge is 2.48. The molecule has 0 aliphatic carbocycles. The number of nitrogens with one attached hydrogen (secondary N) is 1. The van der Waals surface area contributed by atoms with Crippen molar-refractivity contribution in [2.75, 3.05) is 0 Å². The number of benzene rings is 2. The van der Waals surface area contributed by atoms with Crippen LogP contribution in [-0.4, -0.2) is 31.8 Å². The molecule has 0 bridgehead atoms. The van der Waals surface area contributed by atoms with Gasteiger partial charge in [-0.15, -0.1) is 0 Å². The van der Waals surface area contributed by atoms with E-state index < -0.39 is 39.9 Å². The number of sulfonamides is 1. The molecule has 0 spiro atoms. The van der Waals surface area contributed by atoms with Gasteiger partial charge in [-0.05, 0) is 36.8 Å². The number of alkyl halides is 3. The van der Waals surface area contributed by atoms with Crippen LogP contribution in [0.3, 0.4) is 0 Å². The van der Waals surface area contributed by atoms with Crippen molar-refractivity contribution in [1.29, 1.82) is 0 Å². The van der Waals surface area contributed by atoms with E-state index in [0.717, 1.165) is 29.8 Å². The van der Waals surface area contributed by atoms with Crippen LogP contribution in [0.2, 0.25) is 0 Å². The number of carbonyl (C=O) groups is 1. The van der Waals surface area contributed by atoms with Crippen molar-refractivity contribution in [1.82, 2.24) is 4.72 Å². The van der Waals surface area contributed by atoms with Gasteiger partial charge in [-0.1, -0.05) is 30.3 Å². The van der Waals surface area contributed by atoms with Gasteiger partial charge in [-0.25, -0.2) is 17.9 Å². The molecule has 1 unspecified atom stereocenters. The fraction of sp³-hybridized carbons (Fsp3) is 0.211. The Morgan fingerprint density at radius 2 is 1.83 bits per heavy atom. The van der Waals surface area contributed by atoms with Gasteiger partial charge in [0.15, 0.2) is 0 Å². The zero-order valence-corrected chi connectivity index (χ0v) is 15.8. The van der Waals surface area contributed by atoms with E-state index in [2.05, 4.69) is 4.72 Å². The topological polar surface area (TPSA) is 92.7 Å². The molecule has 29 heavy (non-hydrogen) atoms. The molecule has 1 heterocycles. The van der Waals surface area contributed by atoms with Crippen LogP contribution in [0.1, 0.15) is 24.1 Å². The minimum atomic E-state index is -4.93. The fourth-order valence-corrected chi connectivity index (χ4v) is 4.14. The van der Waals surface area contributed by atoms with Gasteiger partial charge < -0.3 is 9.84 Å². The number of ether oxygens (including phenoxy) is 1. The zero-order valence-electron chi connectivity index (χ0n) is 15.0. The maximum absolute atomic E-state index is 13.1. The fourth-order valence-electron chi connectivity index (χ4n) is 2.88. The Morgan fingerprint density at radius 1 is 1.17 bits per heavy atom. The molecule has 0 saturated heterocycles. The van der Waals surface area contributed by atoms with E-state index in [4.69, 9.17) is 9.84 Å². The highest BCUT2D eigenvalue weighted by Crippen LogP contribution is 2.38. The van der Waals surface area contributed by atoms with Crippen molar-refractivity contribution in [3.8, 4) is 5.75 Å². The Balaban J connectivity index is 1.94. The molecule has 1 aliphatic heterocycles. The van der Waals surface area contributed by atoms with Crippen molar-refractivity contribution in [2.45, 2.75) is 30.1 Å². The molecule has 0 aromatic heterocycles. The number of fused-ring (bicyclic) bond motifs is 1. The van der Waals surface area contributed by atoms with E-state index >= 15 is 0 Å². The highest BCUT2D eigenvalue weighted by atomic mass is 32.2. The summed E-state index contributed by atoms with van der Waals surface area (Å²) in [6, 6.07) is 11.5. The van der Waals surface area contributed by atoms with Crippen molar-refractivity contribution >= 4 is 22.1 Å². The summed E-state index contributed by atoms with van der Waals surface area (Å²) in [5.41, 5.74) is -0.373. The first-order valence-electron chi connectivity index (χ1n) is 8.38. The zero-order chi connectivity index (χ0) is 21.4. The van der Waals surface area contributed by atoms with Crippen LogP contribution in [0.4, 0.5) is 13.2 Å². The molecule has 2 atom stereocenters. The average Bonchev–Trinajstić information content (AvgIpc) is 2.66. The molecule has 6 nitrogen and oxygen atoms in total. The second-order valence-corrected chi connectivity index (χ2v) is 8.11. The van der Waals surface area contributed by atoms with Crippen molar-refractivity contribution < 1.29 is 36.2 Å². The summed E-state index contributed by atoms with van der Waals surface area (Å²) in [7, 11) is -4.03. The lowest BCUT2D eigenvalue weighted by Crippen LogP contribution is -2.40. The molecule has 2 aromatic carbocycles. The minimum Gasteiger partial charge on any atom is -0.478 e. The second kappa shape index (κ2) is 7.53. The summed E-state index contributed by atoms with van der Waals surface area (Å²) in [4.78, 5) is 11.0. The normalized spacial score (nSPS) is 17.7. The number of carboxylic acids is 1. The maximum atomic E-state index is 13.1. The number of rotatable bonds is 5. The molecular weight excluding hydrogens is 411 g/mol. The molecule has 154 valence electrons. The lowest BCUT2D eigenvalue weighted by molar-refractivity contribution is -0.187. The molecule has 1 aliphatic rings. The lowest BCUT2D eigenvalue weighted by atomic mass is 10.0. The Labute approximate surface area is 164 Å². The predicted octanol–water partition coefficient (Wildman–Crippen LogP) is 3.52. The number of hydrogen-bond donors (Lipinski definition) is 2. The van der Waals surface area contributed by atoms with Crippen LogP contribution in [0.15, 0.2) is 59.0 Å². The summed E-state index contributed by atoms with van der Waals surface area (Å²) >= 11 is 0. The van der Waals surface area contributed by atoms with Gasteiger partial charge in [-0.2, -0.15) is 13.2 Å². The third-order valence-electron chi connectivity index (χ3n) is 4.31. The van der Waals surface area contributed by atoms with Crippen LogP contribution in [-0.2, 0) is 14.8 Å². The first kappa shape index (κ1) is 20.9. The highest BCUT2D eigenvalue weighted by molar-refractivity contribution is 7.89. The van der Waals surface area contributed by atoms with E-state index in [9.17, 15) is 26.4 Å². The van der Waals surface area contributed by atoms with Crippen LogP contribution in [0.25, 0.3) is 6.08 Å². The van der Waals surface area contributed by atoms with Crippen molar-refractivity contribution in [3.63, 3.8) is 0 Å². The first-order chi connectivity index (χ1) is 13.5. The molecule has 0 fully saturated rings.